The molecule has 0 bridgehead atoms. The second-order valence-corrected chi connectivity index (χ2v) is 6.75. The first-order valence-corrected chi connectivity index (χ1v) is 8.47. The van der Waals surface area contributed by atoms with E-state index in [9.17, 15) is 4.79 Å². The monoisotopic (exact) mass is 323 g/mol. The van der Waals surface area contributed by atoms with Gasteiger partial charge in [-0.15, -0.1) is 0 Å². The van der Waals surface area contributed by atoms with Gasteiger partial charge >= 0.3 is 0 Å². The summed E-state index contributed by atoms with van der Waals surface area (Å²) in [5.41, 5.74) is 0.938. The zero-order chi connectivity index (χ0) is 16.4. The minimum absolute atomic E-state index is 0.105. The van der Waals surface area contributed by atoms with Crippen LogP contribution in [0.25, 0.3) is 0 Å². The van der Waals surface area contributed by atoms with Gasteiger partial charge in [-0.2, -0.15) is 0 Å². The van der Waals surface area contributed by atoms with Gasteiger partial charge < -0.3 is 9.80 Å². The molecule has 0 atom stereocenters. The third kappa shape index (κ3) is 2.84. The summed E-state index contributed by atoms with van der Waals surface area (Å²) >= 11 is 0. The van der Waals surface area contributed by atoms with Crippen LogP contribution in [0.1, 0.15) is 29.6 Å². The molecule has 2 aliphatic rings. The highest BCUT2D eigenvalue weighted by Crippen LogP contribution is 2.41. The van der Waals surface area contributed by atoms with Crippen LogP contribution in [0.15, 0.2) is 43.0 Å². The van der Waals surface area contributed by atoms with Crippen molar-refractivity contribution < 1.29 is 4.79 Å². The third-order valence-corrected chi connectivity index (χ3v) is 5.29. The van der Waals surface area contributed by atoms with E-state index in [-0.39, 0.29) is 11.3 Å². The quantitative estimate of drug-likeness (QED) is 0.846. The Balaban J connectivity index is 1.40. The topological polar surface area (TPSA) is 62.2 Å². The van der Waals surface area contributed by atoms with E-state index >= 15 is 0 Å². The van der Waals surface area contributed by atoms with Crippen molar-refractivity contribution in [2.75, 3.05) is 31.1 Å². The lowest BCUT2D eigenvalue weighted by Crippen LogP contribution is -2.42. The molecule has 0 saturated carbocycles. The van der Waals surface area contributed by atoms with Gasteiger partial charge in [-0.1, -0.05) is 0 Å². The van der Waals surface area contributed by atoms with Crippen LogP contribution in [-0.2, 0) is 0 Å². The number of carbonyl (C=O) groups is 1. The van der Waals surface area contributed by atoms with Crippen LogP contribution in [0.4, 0.5) is 5.95 Å². The zero-order valence-electron chi connectivity index (χ0n) is 13.6. The van der Waals surface area contributed by atoms with Crippen LogP contribution in [0.2, 0.25) is 0 Å². The second-order valence-electron chi connectivity index (χ2n) is 6.75. The molecule has 2 aromatic heterocycles. The van der Waals surface area contributed by atoms with Gasteiger partial charge in [-0.05, 0) is 42.9 Å². The number of hydrogen-bond donors (Lipinski definition) is 0. The summed E-state index contributed by atoms with van der Waals surface area (Å²) < 4.78 is 0. The molecule has 2 fully saturated rings. The Morgan fingerprint density at radius 2 is 1.75 bits per heavy atom. The number of amides is 1. The number of piperidine rings is 1. The number of hydrogen-bond acceptors (Lipinski definition) is 5. The van der Waals surface area contributed by atoms with Gasteiger partial charge in [0.05, 0.1) is 5.56 Å². The molecule has 0 unspecified atom stereocenters. The summed E-state index contributed by atoms with van der Waals surface area (Å²) in [6, 6.07) is 5.50. The molecule has 2 aliphatic heterocycles. The summed E-state index contributed by atoms with van der Waals surface area (Å²) in [6.07, 6.45) is 10.2. The lowest BCUT2D eigenvalue weighted by molar-refractivity contribution is 0.0764. The molecule has 1 amide bonds. The van der Waals surface area contributed by atoms with Crippen LogP contribution in [0, 0.1) is 5.41 Å². The molecule has 2 aromatic rings. The Kier molecular flexibility index (Phi) is 3.88. The molecule has 6 heteroatoms. The Hall–Kier alpha value is -2.50. The van der Waals surface area contributed by atoms with Gasteiger partial charge in [-0.3, -0.25) is 9.78 Å². The van der Waals surface area contributed by atoms with Crippen LogP contribution in [0.3, 0.4) is 0 Å². The lowest BCUT2D eigenvalue weighted by atomic mass is 9.78. The minimum Gasteiger partial charge on any atom is -0.341 e. The Morgan fingerprint density at radius 1 is 1.00 bits per heavy atom. The molecule has 2 saturated heterocycles. The first kappa shape index (κ1) is 15.1. The van der Waals surface area contributed by atoms with E-state index in [0.29, 0.717) is 5.56 Å². The summed E-state index contributed by atoms with van der Waals surface area (Å²) in [4.78, 5) is 29.6. The van der Waals surface area contributed by atoms with E-state index in [0.717, 1.165) is 51.4 Å². The number of anilines is 1. The number of carbonyl (C=O) groups excluding carboxylic acids is 1. The van der Waals surface area contributed by atoms with Crippen LogP contribution < -0.4 is 4.90 Å². The maximum atomic E-state index is 12.6. The number of pyridine rings is 1. The predicted octanol–water partition coefficient (Wildman–Crippen LogP) is 2.00. The summed E-state index contributed by atoms with van der Waals surface area (Å²) in [5.74, 6) is 0.919. The van der Waals surface area contributed by atoms with Crippen molar-refractivity contribution in [2.24, 2.45) is 5.41 Å². The molecule has 6 nitrogen and oxygen atoms in total. The highest BCUT2D eigenvalue weighted by atomic mass is 16.2. The van der Waals surface area contributed by atoms with Crippen molar-refractivity contribution in [3.63, 3.8) is 0 Å². The van der Waals surface area contributed by atoms with E-state index in [1.165, 1.54) is 0 Å². The Labute approximate surface area is 141 Å². The maximum absolute atomic E-state index is 12.6. The SMILES string of the molecule is O=C(c1cccnc1)N1CCC2(CCN(c3ncccn3)CC2)C1. The fourth-order valence-corrected chi connectivity index (χ4v) is 3.82. The molecular formula is C18H21N5O. The highest BCUT2D eigenvalue weighted by Gasteiger charge is 2.42. The van der Waals surface area contributed by atoms with Crippen LogP contribution in [-0.4, -0.2) is 51.9 Å². The van der Waals surface area contributed by atoms with Gasteiger partial charge in [0.1, 0.15) is 0 Å². The van der Waals surface area contributed by atoms with Crippen molar-refractivity contribution in [1.29, 1.82) is 0 Å². The van der Waals surface area contributed by atoms with E-state index in [1.54, 1.807) is 24.8 Å². The van der Waals surface area contributed by atoms with Crippen molar-refractivity contribution in [2.45, 2.75) is 19.3 Å². The normalized spacial score (nSPS) is 19.7. The Morgan fingerprint density at radius 3 is 2.46 bits per heavy atom. The number of aromatic nitrogens is 3. The van der Waals surface area contributed by atoms with Gasteiger partial charge in [-0.25, -0.2) is 9.97 Å². The average Bonchev–Trinajstić information content (AvgIpc) is 3.07. The van der Waals surface area contributed by atoms with Crippen LogP contribution >= 0.6 is 0 Å². The first-order valence-electron chi connectivity index (χ1n) is 8.47. The zero-order valence-corrected chi connectivity index (χ0v) is 13.6. The molecule has 0 aromatic carbocycles. The Bertz CT molecular complexity index is 698. The second kappa shape index (κ2) is 6.19. The minimum atomic E-state index is 0.105. The summed E-state index contributed by atoms with van der Waals surface area (Å²) in [6.45, 7) is 3.61. The molecule has 124 valence electrons. The smallest absolute Gasteiger partial charge is 0.255 e. The number of likely N-dealkylation sites (tertiary alicyclic amines) is 1. The van der Waals surface area contributed by atoms with E-state index < -0.39 is 0 Å². The lowest BCUT2D eigenvalue weighted by Gasteiger charge is -2.39. The molecule has 1 spiro atoms. The predicted molar refractivity (Wildman–Crippen MR) is 90.7 cm³/mol. The van der Waals surface area contributed by atoms with Crippen LogP contribution in [0.5, 0.6) is 0 Å². The van der Waals surface area contributed by atoms with Gasteiger partial charge in [0.25, 0.3) is 5.91 Å². The van der Waals surface area contributed by atoms with Crippen molar-refractivity contribution >= 4 is 11.9 Å². The van der Waals surface area contributed by atoms with Gasteiger partial charge in [0, 0.05) is 51.0 Å². The average molecular weight is 323 g/mol. The molecule has 0 radical (unpaired) electrons. The first-order chi connectivity index (χ1) is 11.8. The highest BCUT2D eigenvalue weighted by molar-refractivity contribution is 5.94. The number of rotatable bonds is 2. The molecular weight excluding hydrogens is 302 g/mol. The fourth-order valence-electron chi connectivity index (χ4n) is 3.82. The molecule has 24 heavy (non-hydrogen) atoms. The third-order valence-electron chi connectivity index (χ3n) is 5.29. The fraction of sp³-hybridized carbons (Fsp3) is 0.444. The van der Waals surface area contributed by atoms with Crippen molar-refractivity contribution in [1.82, 2.24) is 19.9 Å². The van der Waals surface area contributed by atoms with Gasteiger partial charge in [0.15, 0.2) is 0 Å². The van der Waals surface area contributed by atoms with E-state index in [1.807, 2.05) is 23.1 Å². The molecule has 0 N–H and O–H groups in total. The maximum Gasteiger partial charge on any atom is 0.255 e. The molecule has 0 aliphatic carbocycles. The summed E-state index contributed by atoms with van der Waals surface area (Å²) in [5, 5.41) is 0. The standard InChI is InChI=1S/C18H21N5O/c24-16(15-3-1-7-19-13-15)23-12-6-18(14-23)4-10-22(11-5-18)17-20-8-2-9-21-17/h1-3,7-9,13H,4-6,10-12,14H2. The van der Waals surface area contributed by atoms with Crippen molar-refractivity contribution in [3.8, 4) is 0 Å². The van der Waals surface area contributed by atoms with E-state index in [4.69, 9.17) is 0 Å². The molecule has 4 heterocycles. The largest absolute Gasteiger partial charge is 0.341 e. The van der Waals surface area contributed by atoms with Crippen molar-refractivity contribution in [3.05, 3.63) is 48.5 Å². The summed E-state index contributed by atoms with van der Waals surface area (Å²) in [7, 11) is 0. The molecule has 4 rings (SSSR count). The van der Waals surface area contributed by atoms with Gasteiger partial charge in [0.2, 0.25) is 5.95 Å². The van der Waals surface area contributed by atoms with E-state index in [2.05, 4.69) is 19.9 Å². The number of nitrogens with zero attached hydrogens (tertiary/aromatic N) is 5.